The number of nitrogens with two attached hydrogens (primary N) is 1. The lowest BCUT2D eigenvalue weighted by Crippen LogP contribution is -2.28. The summed E-state index contributed by atoms with van der Waals surface area (Å²) in [6.45, 7) is 1.07. The second-order valence-electron chi connectivity index (χ2n) is 4.63. The van der Waals surface area contributed by atoms with Gasteiger partial charge in [-0.25, -0.2) is 9.18 Å². The number of hydrogen-bond donors (Lipinski definition) is 1. The molecule has 2 rings (SSSR count). The second-order valence-corrected chi connectivity index (χ2v) is 6.05. The number of aromatic nitrogens is 2. The van der Waals surface area contributed by atoms with Crippen LogP contribution in [0, 0.1) is 0 Å². The summed E-state index contributed by atoms with van der Waals surface area (Å²) < 4.78 is 20.7. The normalized spacial score (nSPS) is 25.9. The molecule has 1 saturated heterocycles. The van der Waals surface area contributed by atoms with Gasteiger partial charge in [-0.15, -0.1) is 11.8 Å². The average molecular weight is 297 g/mol. The molecule has 0 aliphatic carbocycles. The molecule has 8 heteroatoms. The molecule has 20 heavy (non-hydrogen) atoms. The molecule has 0 aromatic carbocycles. The van der Waals surface area contributed by atoms with Gasteiger partial charge < -0.3 is 10.5 Å². The molecule has 3 atom stereocenters. The first-order chi connectivity index (χ1) is 9.61. The molecule has 0 bridgehead atoms. The summed E-state index contributed by atoms with van der Waals surface area (Å²) in [5.41, 5.74) is 4.92. The van der Waals surface area contributed by atoms with E-state index in [2.05, 4.69) is 4.98 Å². The van der Waals surface area contributed by atoms with Crippen LogP contribution in [-0.2, 0) is 4.74 Å². The molecule has 108 valence electrons. The largest absolute Gasteiger partial charge is 0.383 e. The molecule has 1 aliphatic heterocycles. The first-order valence-corrected chi connectivity index (χ1v) is 7.48. The van der Waals surface area contributed by atoms with Crippen LogP contribution in [0.4, 0.5) is 10.2 Å². The van der Waals surface area contributed by atoms with Crippen molar-refractivity contribution in [3.8, 4) is 0 Å². The van der Waals surface area contributed by atoms with Crippen molar-refractivity contribution in [2.75, 3.05) is 18.9 Å². The Morgan fingerprint density at radius 2 is 2.40 bits per heavy atom. The van der Waals surface area contributed by atoms with Crippen LogP contribution in [0.2, 0.25) is 6.32 Å². The van der Waals surface area contributed by atoms with E-state index in [4.69, 9.17) is 18.3 Å². The third-order valence-corrected chi connectivity index (χ3v) is 4.72. The van der Waals surface area contributed by atoms with Crippen LogP contribution >= 0.6 is 11.8 Å². The number of thioether (sulfide) groups is 1. The highest BCUT2D eigenvalue weighted by molar-refractivity contribution is 8.00. The van der Waals surface area contributed by atoms with E-state index in [1.165, 1.54) is 28.6 Å². The predicted octanol–water partition coefficient (Wildman–Crippen LogP) is 1.16. The monoisotopic (exact) mass is 297 g/mol. The Morgan fingerprint density at radius 3 is 3.10 bits per heavy atom. The molecule has 2 N–H and O–H groups in total. The van der Waals surface area contributed by atoms with Gasteiger partial charge in [0.1, 0.15) is 17.4 Å². The van der Waals surface area contributed by atoms with Crippen LogP contribution < -0.4 is 11.4 Å². The molecule has 5 nitrogen and oxygen atoms in total. The molecule has 1 fully saturated rings. The smallest absolute Gasteiger partial charge is 0.350 e. The fourth-order valence-electron chi connectivity index (χ4n) is 2.15. The molecule has 0 spiro atoms. The molecule has 1 aromatic heterocycles. The van der Waals surface area contributed by atoms with E-state index in [1.807, 2.05) is 0 Å². The van der Waals surface area contributed by atoms with E-state index in [-0.39, 0.29) is 11.1 Å². The van der Waals surface area contributed by atoms with E-state index in [0.29, 0.717) is 26.0 Å². The molecule has 0 amide bonds. The average Bonchev–Trinajstić information content (AvgIpc) is 2.76. The van der Waals surface area contributed by atoms with Gasteiger partial charge in [0.2, 0.25) is 0 Å². The zero-order chi connectivity index (χ0) is 14.5. The number of alkyl halides is 1. The van der Waals surface area contributed by atoms with E-state index in [0.717, 1.165) is 6.42 Å². The summed E-state index contributed by atoms with van der Waals surface area (Å²) in [4.78, 5) is 15.4. The van der Waals surface area contributed by atoms with Crippen molar-refractivity contribution in [1.82, 2.24) is 9.55 Å². The SMILES string of the molecule is [B]CCOCC[C@@H]1C[C@H](F)[C@H](n2ccc(N)nc2=O)S1. The van der Waals surface area contributed by atoms with E-state index < -0.39 is 17.2 Å². The lowest BCUT2D eigenvalue weighted by atomic mass is 10.1. The van der Waals surface area contributed by atoms with Crippen LogP contribution in [0.25, 0.3) is 0 Å². The van der Waals surface area contributed by atoms with Crippen LogP contribution in [-0.4, -0.2) is 42.0 Å². The lowest BCUT2D eigenvalue weighted by molar-refractivity contribution is 0.143. The number of anilines is 1. The summed E-state index contributed by atoms with van der Waals surface area (Å²) >= 11 is 1.45. The summed E-state index contributed by atoms with van der Waals surface area (Å²) in [5, 5.41) is -0.396. The van der Waals surface area contributed by atoms with Crippen molar-refractivity contribution < 1.29 is 9.13 Å². The number of nitrogens with zero attached hydrogens (tertiary/aromatic N) is 2. The van der Waals surface area contributed by atoms with Gasteiger partial charge in [0.25, 0.3) is 0 Å². The van der Waals surface area contributed by atoms with E-state index in [1.54, 1.807) is 0 Å². The Morgan fingerprint density at radius 1 is 1.60 bits per heavy atom. The van der Waals surface area contributed by atoms with Gasteiger partial charge in [0.15, 0.2) is 0 Å². The minimum absolute atomic E-state index is 0.136. The Kier molecular flexibility index (Phi) is 5.48. The summed E-state index contributed by atoms with van der Waals surface area (Å²) in [6.07, 6.45) is 2.08. The molecule has 2 heterocycles. The minimum Gasteiger partial charge on any atom is -0.383 e. The zero-order valence-corrected chi connectivity index (χ0v) is 11.9. The Labute approximate surface area is 122 Å². The molecule has 0 unspecified atom stereocenters. The number of rotatable bonds is 6. The number of hydrogen-bond acceptors (Lipinski definition) is 5. The van der Waals surface area contributed by atoms with Crippen molar-refractivity contribution in [2.24, 2.45) is 0 Å². The van der Waals surface area contributed by atoms with Crippen molar-refractivity contribution in [1.29, 1.82) is 0 Å². The Hall–Kier alpha value is -1.02. The Bertz CT molecular complexity index is 502. The van der Waals surface area contributed by atoms with Gasteiger partial charge in [0, 0.05) is 24.7 Å². The van der Waals surface area contributed by atoms with Crippen molar-refractivity contribution in [2.45, 2.75) is 36.0 Å². The molecule has 1 aliphatic rings. The second kappa shape index (κ2) is 7.13. The highest BCUT2D eigenvalue weighted by atomic mass is 32.2. The third kappa shape index (κ3) is 3.76. The van der Waals surface area contributed by atoms with Crippen LogP contribution in [0.5, 0.6) is 0 Å². The molecule has 2 radical (unpaired) electrons. The summed E-state index contributed by atoms with van der Waals surface area (Å²) in [5.74, 6) is 0.149. The summed E-state index contributed by atoms with van der Waals surface area (Å²) in [6, 6.07) is 1.51. The van der Waals surface area contributed by atoms with Gasteiger partial charge in [0.05, 0.1) is 7.85 Å². The molecular weight excluding hydrogens is 280 g/mol. The highest BCUT2D eigenvalue weighted by Gasteiger charge is 2.36. The van der Waals surface area contributed by atoms with Crippen LogP contribution in [0.15, 0.2) is 17.1 Å². The fourth-order valence-corrected chi connectivity index (χ4v) is 3.65. The zero-order valence-electron chi connectivity index (χ0n) is 11.1. The van der Waals surface area contributed by atoms with Gasteiger partial charge >= 0.3 is 5.69 Å². The van der Waals surface area contributed by atoms with Gasteiger partial charge in [-0.2, -0.15) is 4.98 Å². The maximum absolute atomic E-state index is 14.1. The first-order valence-electron chi connectivity index (χ1n) is 6.54. The maximum atomic E-state index is 14.1. The van der Waals surface area contributed by atoms with Crippen LogP contribution in [0.3, 0.4) is 0 Å². The maximum Gasteiger partial charge on any atom is 0.350 e. The van der Waals surface area contributed by atoms with Crippen LogP contribution in [0.1, 0.15) is 18.2 Å². The van der Waals surface area contributed by atoms with Gasteiger partial charge in [-0.3, -0.25) is 4.57 Å². The van der Waals surface area contributed by atoms with E-state index in [9.17, 15) is 9.18 Å². The molecule has 0 saturated carbocycles. The number of ether oxygens (including phenoxy) is 1. The topological polar surface area (TPSA) is 70.1 Å². The molecule has 1 aromatic rings. The van der Waals surface area contributed by atoms with Crippen molar-refractivity contribution in [3.05, 3.63) is 22.7 Å². The minimum atomic E-state index is -1.07. The predicted molar refractivity (Wildman–Crippen MR) is 78.8 cm³/mol. The highest BCUT2D eigenvalue weighted by Crippen LogP contribution is 2.44. The standard InChI is InChI=1S/C12H17BFN3O2S/c13-3-6-19-5-2-8-7-9(14)11(20-8)17-4-1-10(15)16-12(17)18/h1,4,8-9,11H,2-3,5-7H2,(H2,15,16,18)/t8-,9+,11-/m1/s1. The fraction of sp³-hybridized carbons (Fsp3) is 0.667. The van der Waals surface area contributed by atoms with E-state index >= 15 is 0 Å². The third-order valence-electron chi connectivity index (χ3n) is 3.10. The number of halogens is 1. The first kappa shape index (κ1) is 15.4. The van der Waals surface area contributed by atoms with Gasteiger partial charge in [-0.05, 0) is 18.9 Å². The summed E-state index contributed by atoms with van der Waals surface area (Å²) in [7, 11) is 5.33. The van der Waals surface area contributed by atoms with Crippen molar-refractivity contribution >= 4 is 25.4 Å². The number of nitrogen functional groups attached to an aromatic ring is 1. The molecular formula is C12H17BFN3O2S. The van der Waals surface area contributed by atoms with Gasteiger partial charge in [-0.1, -0.05) is 6.32 Å². The van der Waals surface area contributed by atoms with Crippen molar-refractivity contribution in [3.63, 3.8) is 0 Å². The quantitative estimate of drug-likeness (QED) is 0.630. The Balaban J connectivity index is 1.95. The lowest BCUT2D eigenvalue weighted by Gasteiger charge is -2.15.